The van der Waals surface area contributed by atoms with Gasteiger partial charge in [0.1, 0.15) is 11.5 Å². The Bertz CT molecular complexity index is 730. The molecule has 0 saturated carbocycles. The Balaban J connectivity index is 2.23. The summed E-state index contributed by atoms with van der Waals surface area (Å²) in [4.78, 5) is 0. The molecule has 0 radical (unpaired) electrons. The van der Waals surface area contributed by atoms with E-state index in [0.717, 1.165) is 11.1 Å². The molecule has 0 atom stereocenters. The van der Waals surface area contributed by atoms with Gasteiger partial charge in [0, 0.05) is 11.1 Å². The Kier molecular flexibility index (Phi) is 5.42. The third-order valence-electron chi connectivity index (χ3n) is 3.84. The van der Waals surface area contributed by atoms with Gasteiger partial charge in [-0.1, -0.05) is 28.0 Å². The quantitative estimate of drug-likeness (QED) is 0.382. The lowest BCUT2D eigenvalue weighted by molar-refractivity contribution is 0.316. The van der Waals surface area contributed by atoms with Gasteiger partial charge in [0.05, 0.1) is 11.4 Å². The van der Waals surface area contributed by atoms with Crippen LogP contribution >= 0.6 is 0 Å². The molecule has 0 amide bonds. The number of benzene rings is 2. The van der Waals surface area contributed by atoms with Crippen molar-refractivity contribution < 1.29 is 20.6 Å². The minimum absolute atomic E-state index is 0.0180. The maximum absolute atomic E-state index is 9.95. The standard InChI is InChI=1S/C18H20N2O4/c1-11-3-8-18(22)15(9-11)17(20-24)7-6-16(19-23)14-10-13(21)5-4-12(14)2/h3-5,8-10,21-24H,6-7H2,1-2H3. The van der Waals surface area contributed by atoms with E-state index in [-0.39, 0.29) is 30.1 Å². The van der Waals surface area contributed by atoms with Crippen LogP contribution in [0.25, 0.3) is 0 Å². The lowest BCUT2D eigenvalue weighted by atomic mass is 9.96. The molecule has 2 aromatic carbocycles. The maximum Gasteiger partial charge on any atom is 0.124 e. The maximum atomic E-state index is 9.95. The number of nitrogens with zero attached hydrogens (tertiary/aromatic N) is 2. The Hall–Kier alpha value is -3.02. The minimum atomic E-state index is 0.0180. The number of hydrogen-bond acceptors (Lipinski definition) is 6. The summed E-state index contributed by atoms with van der Waals surface area (Å²) in [5.74, 6) is 0.0913. The molecule has 2 rings (SSSR count). The molecule has 6 nitrogen and oxygen atoms in total. The van der Waals surface area contributed by atoms with Gasteiger partial charge in [0.2, 0.25) is 0 Å². The van der Waals surface area contributed by atoms with E-state index < -0.39 is 0 Å². The van der Waals surface area contributed by atoms with Crippen molar-refractivity contribution in [1.29, 1.82) is 0 Å². The van der Waals surface area contributed by atoms with Gasteiger partial charge in [-0.05, 0) is 56.5 Å². The predicted molar refractivity (Wildman–Crippen MR) is 91.6 cm³/mol. The van der Waals surface area contributed by atoms with Crippen LogP contribution < -0.4 is 0 Å². The summed E-state index contributed by atoms with van der Waals surface area (Å²) in [5.41, 5.74) is 3.46. The molecule has 0 aliphatic rings. The molecule has 0 saturated heterocycles. The van der Waals surface area contributed by atoms with Crippen LogP contribution in [0.1, 0.15) is 35.1 Å². The fourth-order valence-electron chi connectivity index (χ4n) is 2.52. The van der Waals surface area contributed by atoms with E-state index in [9.17, 15) is 20.6 Å². The number of aromatic hydroxyl groups is 2. The fourth-order valence-corrected chi connectivity index (χ4v) is 2.52. The van der Waals surface area contributed by atoms with E-state index in [1.54, 1.807) is 24.3 Å². The van der Waals surface area contributed by atoms with Crippen molar-refractivity contribution in [3.05, 3.63) is 58.7 Å². The third-order valence-corrected chi connectivity index (χ3v) is 3.84. The van der Waals surface area contributed by atoms with Gasteiger partial charge >= 0.3 is 0 Å². The summed E-state index contributed by atoms with van der Waals surface area (Å²) >= 11 is 0. The van der Waals surface area contributed by atoms with Crippen molar-refractivity contribution in [2.45, 2.75) is 26.7 Å². The van der Waals surface area contributed by atoms with Gasteiger partial charge in [-0.15, -0.1) is 0 Å². The van der Waals surface area contributed by atoms with Crippen molar-refractivity contribution >= 4 is 11.4 Å². The average Bonchev–Trinajstić information content (AvgIpc) is 2.57. The van der Waals surface area contributed by atoms with Crippen LogP contribution in [0.15, 0.2) is 46.7 Å². The highest BCUT2D eigenvalue weighted by molar-refractivity contribution is 6.07. The van der Waals surface area contributed by atoms with E-state index in [4.69, 9.17) is 0 Å². The van der Waals surface area contributed by atoms with E-state index in [0.29, 0.717) is 16.8 Å². The lowest BCUT2D eigenvalue weighted by Crippen LogP contribution is -2.09. The molecule has 0 aliphatic carbocycles. The van der Waals surface area contributed by atoms with Gasteiger partial charge in [0.25, 0.3) is 0 Å². The molecule has 0 unspecified atom stereocenters. The zero-order valence-electron chi connectivity index (χ0n) is 13.6. The Morgan fingerprint density at radius 1 is 0.833 bits per heavy atom. The first kappa shape index (κ1) is 17.3. The first-order chi connectivity index (χ1) is 11.5. The number of phenols is 2. The highest BCUT2D eigenvalue weighted by atomic mass is 16.4. The van der Waals surface area contributed by atoms with Gasteiger partial charge in [-0.3, -0.25) is 0 Å². The van der Waals surface area contributed by atoms with E-state index in [2.05, 4.69) is 10.3 Å². The van der Waals surface area contributed by atoms with Crippen LogP contribution in [0.2, 0.25) is 0 Å². The molecule has 0 bridgehead atoms. The van der Waals surface area contributed by atoms with E-state index in [1.807, 2.05) is 13.8 Å². The summed E-state index contributed by atoms with van der Waals surface area (Å²) < 4.78 is 0. The number of phenolic OH excluding ortho intramolecular Hbond substituents is 2. The van der Waals surface area contributed by atoms with Crippen LogP contribution in [0.4, 0.5) is 0 Å². The molecule has 4 N–H and O–H groups in total. The molecule has 2 aromatic rings. The molecular formula is C18H20N2O4. The van der Waals surface area contributed by atoms with Gasteiger partial charge in [-0.2, -0.15) is 0 Å². The number of rotatable bonds is 5. The van der Waals surface area contributed by atoms with Gasteiger partial charge < -0.3 is 20.6 Å². The average molecular weight is 328 g/mol. The topological polar surface area (TPSA) is 106 Å². The second-order valence-electron chi connectivity index (χ2n) is 5.61. The Morgan fingerprint density at radius 2 is 1.46 bits per heavy atom. The largest absolute Gasteiger partial charge is 0.508 e. The zero-order chi connectivity index (χ0) is 17.7. The van der Waals surface area contributed by atoms with Gasteiger partial charge in [-0.25, -0.2) is 0 Å². The predicted octanol–water partition coefficient (Wildman–Crippen LogP) is 3.55. The summed E-state index contributed by atoms with van der Waals surface area (Å²) in [6.45, 7) is 3.71. The van der Waals surface area contributed by atoms with Crippen LogP contribution in [0, 0.1) is 13.8 Å². The van der Waals surface area contributed by atoms with E-state index >= 15 is 0 Å². The van der Waals surface area contributed by atoms with Gasteiger partial charge in [0.15, 0.2) is 0 Å². The highest BCUT2D eigenvalue weighted by Gasteiger charge is 2.14. The number of aryl methyl sites for hydroxylation is 2. The molecule has 0 heterocycles. The first-order valence-electron chi connectivity index (χ1n) is 7.48. The van der Waals surface area contributed by atoms with Crippen molar-refractivity contribution in [3.63, 3.8) is 0 Å². The minimum Gasteiger partial charge on any atom is -0.508 e. The van der Waals surface area contributed by atoms with Crippen LogP contribution in [0.5, 0.6) is 11.5 Å². The molecular weight excluding hydrogens is 308 g/mol. The van der Waals surface area contributed by atoms with Crippen molar-refractivity contribution in [2.75, 3.05) is 0 Å². The third kappa shape index (κ3) is 3.84. The fraction of sp³-hybridized carbons (Fsp3) is 0.222. The zero-order valence-corrected chi connectivity index (χ0v) is 13.6. The monoisotopic (exact) mass is 328 g/mol. The van der Waals surface area contributed by atoms with Crippen molar-refractivity contribution in [1.82, 2.24) is 0 Å². The first-order valence-corrected chi connectivity index (χ1v) is 7.48. The second kappa shape index (κ2) is 7.50. The Morgan fingerprint density at radius 3 is 2.08 bits per heavy atom. The molecule has 6 heteroatoms. The van der Waals surface area contributed by atoms with Crippen molar-refractivity contribution in [3.8, 4) is 11.5 Å². The molecule has 0 aliphatic heterocycles. The SMILES string of the molecule is Cc1ccc(O)c(C(CCC(=NO)c2cc(O)ccc2C)=NO)c1. The molecule has 0 spiro atoms. The highest BCUT2D eigenvalue weighted by Crippen LogP contribution is 2.23. The summed E-state index contributed by atoms with van der Waals surface area (Å²) in [5, 5.41) is 44.7. The van der Waals surface area contributed by atoms with Crippen LogP contribution in [-0.4, -0.2) is 32.1 Å². The summed E-state index contributed by atoms with van der Waals surface area (Å²) in [6.07, 6.45) is 0.523. The van der Waals surface area contributed by atoms with Crippen LogP contribution in [-0.2, 0) is 0 Å². The van der Waals surface area contributed by atoms with Crippen molar-refractivity contribution in [2.24, 2.45) is 10.3 Å². The molecule has 126 valence electrons. The molecule has 0 aromatic heterocycles. The lowest BCUT2D eigenvalue weighted by Gasteiger charge is -2.11. The normalized spacial score (nSPS) is 12.4. The molecule has 24 heavy (non-hydrogen) atoms. The number of hydrogen-bond donors (Lipinski definition) is 4. The summed E-state index contributed by atoms with van der Waals surface area (Å²) in [7, 11) is 0. The Labute approximate surface area is 140 Å². The number of oxime groups is 2. The summed E-state index contributed by atoms with van der Waals surface area (Å²) in [6, 6.07) is 9.81. The second-order valence-corrected chi connectivity index (χ2v) is 5.61. The smallest absolute Gasteiger partial charge is 0.124 e. The van der Waals surface area contributed by atoms with E-state index in [1.165, 1.54) is 12.1 Å². The molecule has 0 fully saturated rings. The van der Waals surface area contributed by atoms with Crippen LogP contribution in [0.3, 0.4) is 0 Å².